The van der Waals surface area contributed by atoms with Crippen molar-refractivity contribution in [3.05, 3.63) is 64.6 Å². The van der Waals surface area contributed by atoms with Gasteiger partial charge in [0.2, 0.25) is 0 Å². The molecule has 4 fully saturated rings. The number of rotatable bonds is 2. The first-order chi connectivity index (χ1) is 11.2. The van der Waals surface area contributed by atoms with Crippen molar-refractivity contribution in [3.63, 3.8) is 0 Å². The average Bonchev–Trinajstić information content (AvgIpc) is 3.03. The van der Waals surface area contributed by atoms with Gasteiger partial charge in [0.1, 0.15) is 0 Å². The summed E-state index contributed by atoms with van der Waals surface area (Å²) in [6.45, 7) is 0. The van der Waals surface area contributed by atoms with Crippen molar-refractivity contribution in [2.75, 3.05) is 0 Å². The van der Waals surface area contributed by atoms with Gasteiger partial charge in [-0.3, -0.25) is 0 Å². The Hall–Kier alpha value is -1.34. The van der Waals surface area contributed by atoms with Crippen molar-refractivity contribution in [2.24, 2.45) is 23.2 Å². The molecule has 23 heavy (non-hydrogen) atoms. The summed E-state index contributed by atoms with van der Waals surface area (Å²) in [4.78, 5) is 1.28. The maximum absolute atomic E-state index is 6.15. The molecule has 0 atom stereocenters. The first kappa shape index (κ1) is 14.0. The van der Waals surface area contributed by atoms with Crippen LogP contribution in [0.3, 0.4) is 0 Å². The number of benzene rings is 1. The summed E-state index contributed by atoms with van der Waals surface area (Å²) in [5, 5.41) is 0. The summed E-state index contributed by atoms with van der Waals surface area (Å²) >= 11 is 6.15. The summed E-state index contributed by atoms with van der Waals surface area (Å²) in [7, 11) is 0. The van der Waals surface area contributed by atoms with E-state index in [1.54, 1.807) is 0 Å². The Balaban J connectivity index is 1.56. The zero-order chi connectivity index (χ0) is 15.4. The highest BCUT2D eigenvalue weighted by molar-refractivity contribution is 7.63. The highest BCUT2D eigenvalue weighted by Gasteiger charge is 2.50. The van der Waals surface area contributed by atoms with Crippen LogP contribution in [0.1, 0.15) is 44.1 Å². The molecule has 0 radical (unpaired) electrons. The van der Waals surface area contributed by atoms with Crippen LogP contribution in [0.5, 0.6) is 0 Å². The molecule has 0 unspecified atom stereocenters. The molecule has 0 N–H and O–H groups in total. The standard InChI is InChI=1S/C22H24S/c23-21(20-8-4-7-19(20)18-5-2-1-3-6-18)22-12-15-9-16(13-22)11-17(10-15)14-22/h1-8,15-17,23H,9-14H2/p-1/b21-20-. The molecule has 5 aliphatic rings. The normalized spacial score (nSPS) is 39.7. The van der Waals surface area contributed by atoms with E-state index >= 15 is 0 Å². The van der Waals surface area contributed by atoms with Gasteiger partial charge in [0.15, 0.2) is 0 Å². The minimum absolute atomic E-state index is 0.335. The van der Waals surface area contributed by atoms with E-state index in [2.05, 4.69) is 48.6 Å². The smallest absolute Gasteiger partial charge is 0.0129 e. The lowest BCUT2D eigenvalue weighted by Gasteiger charge is -2.60. The van der Waals surface area contributed by atoms with E-state index in [9.17, 15) is 0 Å². The largest absolute Gasteiger partial charge is 0.783 e. The molecule has 6 rings (SSSR count). The van der Waals surface area contributed by atoms with Crippen LogP contribution in [0.15, 0.2) is 59.0 Å². The summed E-state index contributed by atoms with van der Waals surface area (Å²) in [6.07, 6.45) is 15.2. The summed E-state index contributed by atoms with van der Waals surface area (Å²) in [6, 6.07) is 10.8. The predicted molar refractivity (Wildman–Crippen MR) is 98.6 cm³/mol. The van der Waals surface area contributed by atoms with Crippen LogP contribution in [0.25, 0.3) is 5.57 Å². The number of hydrogen-bond acceptors (Lipinski definition) is 1. The Morgan fingerprint density at radius 3 is 2.13 bits per heavy atom. The van der Waals surface area contributed by atoms with Crippen LogP contribution in [0, 0.1) is 23.2 Å². The van der Waals surface area contributed by atoms with Crippen molar-refractivity contribution in [1.82, 2.24) is 0 Å². The highest BCUT2D eigenvalue weighted by atomic mass is 32.1. The van der Waals surface area contributed by atoms with Crippen LogP contribution < -0.4 is 0 Å². The molecular weight excluding hydrogens is 296 g/mol. The molecule has 4 bridgehead atoms. The van der Waals surface area contributed by atoms with Gasteiger partial charge in [0.05, 0.1) is 0 Å². The van der Waals surface area contributed by atoms with Gasteiger partial charge in [-0.1, -0.05) is 48.6 Å². The van der Waals surface area contributed by atoms with E-state index in [-0.39, 0.29) is 0 Å². The third-order valence-electron chi connectivity index (χ3n) is 6.67. The van der Waals surface area contributed by atoms with Crippen LogP contribution in [-0.4, -0.2) is 0 Å². The van der Waals surface area contributed by atoms with E-state index in [4.69, 9.17) is 12.6 Å². The molecule has 118 valence electrons. The maximum Gasteiger partial charge on any atom is -0.0129 e. The molecule has 1 heteroatoms. The number of hydrogen-bond donors (Lipinski definition) is 0. The molecule has 0 heterocycles. The van der Waals surface area contributed by atoms with Gasteiger partial charge >= 0.3 is 0 Å². The first-order valence-electron chi connectivity index (χ1n) is 9.09. The van der Waals surface area contributed by atoms with Crippen molar-refractivity contribution in [2.45, 2.75) is 38.5 Å². The third kappa shape index (κ3) is 2.16. The molecule has 0 spiro atoms. The average molecular weight is 319 g/mol. The number of allylic oxidation sites excluding steroid dienone is 6. The van der Waals surface area contributed by atoms with Gasteiger partial charge in [-0.25, -0.2) is 0 Å². The molecule has 5 aliphatic carbocycles. The second-order valence-electron chi connectivity index (χ2n) is 8.25. The van der Waals surface area contributed by atoms with E-state index in [1.165, 1.54) is 60.1 Å². The monoisotopic (exact) mass is 319 g/mol. The zero-order valence-corrected chi connectivity index (χ0v) is 14.3. The van der Waals surface area contributed by atoms with E-state index < -0.39 is 0 Å². The summed E-state index contributed by atoms with van der Waals surface area (Å²) < 4.78 is 0. The summed E-state index contributed by atoms with van der Waals surface area (Å²) in [5.41, 5.74) is 4.32. The SMILES string of the molecule is [S-]/C(=C1/C=CC=C1c1ccccc1)C12CC3CC(CC(C3)C1)C2. The Morgan fingerprint density at radius 2 is 1.52 bits per heavy atom. The second-order valence-corrected chi connectivity index (χ2v) is 8.65. The Labute approximate surface area is 144 Å². The van der Waals surface area contributed by atoms with Gasteiger partial charge in [-0.2, -0.15) is 4.91 Å². The molecule has 1 aromatic rings. The lowest BCUT2D eigenvalue weighted by atomic mass is 9.49. The highest BCUT2D eigenvalue weighted by Crippen LogP contribution is 2.63. The van der Waals surface area contributed by atoms with Crippen molar-refractivity contribution >= 4 is 18.2 Å². The van der Waals surface area contributed by atoms with Gasteiger partial charge in [-0.15, -0.1) is 0 Å². The minimum atomic E-state index is 0.335. The molecule has 0 saturated heterocycles. The fourth-order valence-electron chi connectivity index (χ4n) is 6.16. The molecule has 0 aliphatic heterocycles. The first-order valence-corrected chi connectivity index (χ1v) is 9.50. The van der Waals surface area contributed by atoms with Crippen LogP contribution in [-0.2, 0) is 12.6 Å². The molecular formula is C22H23S-. The van der Waals surface area contributed by atoms with Crippen molar-refractivity contribution in [1.29, 1.82) is 0 Å². The Morgan fingerprint density at radius 1 is 0.913 bits per heavy atom. The van der Waals surface area contributed by atoms with Crippen LogP contribution >= 0.6 is 0 Å². The van der Waals surface area contributed by atoms with Gasteiger partial charge in [0.25, 0.3) is 0 Å². The van der Waals surface area contributed by atoms with Crippen LogP contribution in [0.2, 0.25) is 0 Å². The molecule has 0 aromatic heterocycles. The van der Waals surface area contributed by atoms with E-state index in [0.29, 0.717) is 5.41 Å². The topological polar surface area (TPSA) is 0 Å². The van der Waals surface area contributed by atoms with Gasteiger partial charge < -0.3 is 12.6 Å². The Kier molecular flexibility index (Phi) is 3.10. The van der Waals surface area contributed by atoms with Crippen molar-refractivity contribution in [3.8, 4) is 0 Å². The molecule has 4 saturated carbocycles. The van der Waals surface area contributed by atoms with E-state index in [1.807, 2.05) is 0 Å². The van der Waals surface area contributed by atoms with E-state index in [0.717, 1.165) is 17.8 Å². The van der Waals surface area contributed by atoms with Crippen LogP contribution in [0.4, 0.5) is 0 Å². The van der Waals surface area contributed by atoms with Gasteiger partial charge in [-0.05, 0) is 78.4 Å². The molecule has 0 amide bonds. The molecule has 1 aromatic carbocycles. The fourth-order valence-corrected chi connectivity index (χ4v) is 6.59. The second kappa shape index (κ2) is 5.08. The third-order valence-corrected chi connectivity index (χ3v) is 7.32. The fraction of sp³-hybridized carbons (Fsp3) is 0.455. The van der Waals surface area contributed by atoms with Crippen molar-refractivity contribution < 1.29 is 0 Å². The zero-order valence-electron chi connectivity index (χ0n) is 13.5. The lowest BCUT2D eigenvalue weighted by molar-refractivity contribution is -0.0260. The quantitative estimate of drug-likeness (QED) is 0.634. The maximum atomic E-state index is 6.15. The Bertz CT molecular complexity index is 684. The summed E-state index contributed by atoms with van der Waals surface area (Å²) in [5.74, 6) is 2.86. The minimum Gasteiger partial charge on any atom is -0.783 e. The van der Waals surface area contributed by atoms with Gasteiger partial charge in [0, 0.05) is 0 Å². The molecule has 0 nitrogen and oxygen atoms in total. The predicted octanol–water partition coefficient (Wildman–Crippen LogP) is 5.66. The lowest BCUT2D eigenvalue weighted by Crippen LogP contribution is -2.46.